The number of nitrogens with one attached hydrogen (secondary N) is 2. The van der Waals surface area contributed by atoms with E-state index in [2.05, 4.69) is 31.8 Å². The molecular formula is C31H21BrN4O8. The highest BCUT2D eigenvalue weighted by Crippen LogP contribution is 2.32. The van der Waals surface area contributed by atoms with E-state index >= 15 is 0 Å². The van der Waals surface area contributed by atoms with Gasteiger partial charge in [-0.3, -0.25) is 19.7 Å². The average molecular weight is 657 g/mol. The molecule has 0 unspecified atom stereocenters. The minimum atomic E-state index is -0.725. The summed E-state index contributed by atoms with van der Waals surface area (Å²) in [5, 5.41) is 17.7. The number of non-ortho nitro benzene ring substituents is 1. The van der Waals surface area contributed by atoms with Gasteiger partial charge < -0.3 is 19.5 Å². The van der Waals surface area contributed by atoms with Crippen LogP contribution in [-0.4, -0.2) is 35.7 Å². The number of fused-ring (bicyclic) bond motifs is 1. The van der Waals surface area contributed by atoms with Gasteiger partial charge in [0.1, 0.15) is 5.75 Å². The lowest BCUT2D eigenvalue weighted by Gasteiger charge is -2.08. The Morgan fingerprint density at radius 2 is 1.70 bits per heavy atom. The first-order valence-electron chi connectivity index (χ1n) is 12.8. The first-order chi connectivity index (χ1) is 21.2. The fourth-order valence-corrected chi connectivity index (χ4v) is 4.34. The third-order valence-corrected chi connectivity index (χ3v) is 6.56. The number of carbonyl (C=O) groups excluding carboxylic acids is 3. The second-order valence-electron chi connectivity index (χ2n) is 9.09. The van der Waals surface area contributed by atoms with E-state index in [0.717, 1.165) is 6.08 Å². The zero-order chi connectivity index (χ0) is 31.1. The summed E-state index contributed by atoms with van der Waals surface area (Å²) in [4.78, 5) is 48.4. The van der Waals surface area contributed by atoms with Gasteiger partial charge in [0.15, 0.2) is 11.5 Å². The maximum atomic E-state index is 12.8. The summed E-state index contributed by atoms with van der Waals surface area (Å²) < 4.78 is 16.7. The van der Waals surface area contributed by atoms with E-state index in [1.54, 1.807) is 60.7 Å². The predicted octanol–water partition coefficient (Wildman–Crippen LogP) is 5.72. The molecular weight excluding hydrogens is 636 g/mol. The van der Waals surface area contributed by atoms with Crippen LogP contribution in [-0.2, 0) is 4.79 Å². The molecule has 13 heteroatoms. The van der Waals surface area contributed by atoms with Gasteiger partial charge in [0, 0.05) is 45.1 Å². The van der Waals surface area contributed by atoms with Gasteiger partial charge in [-0.15, -0.1) is 0 Å². The summed E-state index contributed by atoms with van der Waals surface area (Å²) in [5.41, 5.74) is 4.12. The molecule has 0 saturated carbocycles. The van der Waals surface area contributed by atoms with Crippen LogP contribution in [0.3, 0.4) is 0 Å². The number of nitro groups is 1. The number of hydrogen-bond acceptors (Lipinski definition) is 9. The van der Waals surface area contributed by atoms with Gasteiger partial charge in [0.2, 0.25) is 6.79 Å². The van der Waals surface area contributed by atoms with Crippen LogP contribution in [0.15, 0.2) is 101 Å². The molecule has 12 nitrogen and oxygen atoms in total. The van der Waals surface area contributed by atoms with Crippen molar-refractivity contribution in [3.05, 3.63) is 128 Å². The molecule has 0 spiro atoms. The smallest absolute Gasteiger partial charge is 0.336 e. The van der Waals surface area contributed by atoms with Gasteiger partial charge in [-0.25, -0.2) is 10.2 Å². The van der Waals surface area contributed by atoms with Crippen molar-refractivity contribution in [3.63, 3.8) is 0 Å². The third-order valence-electron chi connectivity index (χ3n) is 6.06. The van der Waals surface area contributed by atoms with Crippen molar-refractivity contribution in [1.29, 1.82) is 0 Å². The highest BCUT2D eigenvalue weighted by molar-refractivity contribution is 9.10. The van der Waals surface area contributed by atoms with Crippen molar-refractivity contribution < 1.29 is 33.5 Å². The number of carbonyl (C=O) groups is 3. The molecule has 1 aliphatic rings. The minimum Gasteiger partial charge on any atom is -0.454 e. The zero-order valence-electron chi connectivity index (χ0n) is 22.6. The number of hydrogen-bond donors (Lipinski definition) is 2. The molecule has 2 N–H and O–H groups in total. The minimum absolute atomic E-state index is 0.0934. The Morgan fingerprint density at radius 1 is 0.909 bits per heavy atom. The lowest BCUT2D eigenvalue weighted by Crippen LogP contribution is -2.18. The second-order valence-corrected chi connectivity index (χ2v) is 10.0. The summed E-state index contributed by atoms with van der Waals surface area (Å²) >= 11 is 3.35. The van der Waals surface area contributed by atoms with Crippen LogP contribution in [0, 0.1) is 10.1 Å². The number of amides is 2. The molecule has 2 amide bonds. The summed E-state index contributed by atoms with van der Waals surface area (Å²) in [5.74, 6) is -0.470. The Labute approximate surface area is 258 Å². The number of ether oxygens (including phenoxy) is 3. The lowest BCUT2D eigenvalue weighted by molar-refractivity contribution is -0.384. The van der Waals surface area contributed by atoms with Crippen LogP contribution in [0.25, 0.3) is 6.08 Å². The third kappa shape index (κ3) is 7.52. The monoisotopic (exact) mass is 656 g/mol. The molecule has 0 aromatic heterocycles. The van der Waals surface area contributed by atoms with Crippen LogP contribution in [0.2, 0.25) is 0 Å². The molecule has 0 fully saturated rings. The Kier molecular flexibility index (Phi) is 9.06. The van der Waals surface area contributed by atoms with E-state index in [4.69, 9.17) is 14.2 Å². The number of nitro benzene ring substituents is 1. The zero-order valence-corrected chi connectivity index (χ0v) is 24.1. The van der Waals surface area contributed by atoms with E-state index in [9.17, 15) is 24.5 Å². The van der Waals surface area contributed by atoms with Crippen molar-refractivity contribution in [2.75, 3.05) is 12.1 Å². The van der Waals surface area contributed by atoms with Crippen molar-refractivity contribution in [1.82, 2.24) is 5.43 Å². The first kappa shape index (κ1) is 29.7. The SMILES string of the molecule is O=C(/C=C/c1cccc([N+](=O)[O-])c1)Oc1ccc(Br)cc1C=NNC(=O)c1cccc(NC(=O)c2ccc3c(c2)OCO3)c1. The Morgan fingerprint density at radius 3 is 2.55 bits per heavy atom. The topological polar surface area (TPSA) is 158 Å². The molecule has 0 atom stereocenters. The number of nitrogens with zero attached hydrogens (tertiary/aromatic N) is 2. The largest absolute Gasteiger partial charge is 0.454 e. The normalized spacial score (nSPS) is 11.8. The maximum absolute atomic E-state index is 12.8. The molecule has 1 heterocycles. The summed E-state index contributed by atoms with van der Waals surface area (Å²) in [6.45, 7) is 0.0934. The second kappa shape index (κ2) is 13.4. The molecule has 220 valence electrons. The predicted molar refractivity (Wildman–Crippen MR) is 164 cm³/mol. The summed E-state index contributed by atoms with van der Waals surface area (Å²) in [6.07, 6.45) is 3.84. The number of rotatable bonds is 9. The van der Waals surface area contributed by atoms with Gasteiger partial charge in [-0.2, -0.15) is 5.10 Å². The van der Waals surface area contributed by atoms with Crippen LogP contribution in [0.5, 0.6) is 17.2 Å². The maximum Gasteiger partial charge on any atom is 0.336 e. The van der Waals surface area contributed by atoms with Crippen molar-refractivity contribution in [2.45, 2.75) is 0 Å². The number of hydrazone groups is 1. The molecule has 5 rings (SSSR count). The highest BCUT2D eigenvalue weighted by Gasteiger charge is 2.17. The van der Waals surface area contributed by atoms with Gasteiger partial charge >= 0.3 is 5.97 Å². The van der Waals surface area contributed by atoms with E-state index in [1.165, 1.54) is 36.6 Å². The van der Waals surface area contributed by atoms with Crippen LogP contribution in [0.4, 0.5) is 11.4 Å². The summed E-state index contributed by atoms with van der Waals surface area (Å²) in [7, 11) is 0. The number of benzene rings is 4. The van der Waals surface area contributed by atoms with Crippen molar-refractivity contribution in [2.24, 2.45) is 5.10 Å². The molecule has 44 heavy (non-hydrogen) atoms. The van der Waals surface area contributed by atoms with Gasteiger partial charge in [-0.05, 0) is 66.2 Å². The highest BCUT2D eigenvalue weighted by atomic mass is 79.9. The van der Waals surface area contributed by atoms with Crippen molar-refractivity contribution in [3.8, 4) is 17.2 Å². The first-order valence-corrected chi connectivity index (χ1v) is 13.6. The van der Waals surface area contributed by atoms with Crippen molar-refractivity contribution >= 4 is 57.4 Å². The molecule has 4 aromatic rings. The average Bonchev–Trinajstić information content (AvgIpc) is 3.50. The Balaban J connectivity index is 1.21. The van der Waals surface area contributed by atoms with Crippen LogP contribution in [0.1, 0.15) is 31.8 Å². The van der Waals surface area contributed by atoms with E-state index in [-0.39, 0.29) is 23.8 Å². The Hall–Kier alpha value is -5.82. The molecule has 0 saturated heterocycles. The lowest BCUT2D eigenvalue weighted by atomic mass is 10.1. The van der Waals surface area contributed by atoms with Crippen LogP contribution < -0.4 is 25.0 Å². The molecule has 0 radical (unpaired) electrons. The summed E-state index contributed by atoms with van der Waals surface area (Å²) in [6, 6.07) is 21.8. The number of halogens is 1. The molecule has 4 aromatic carbocycles. The van der Waals surface area contributed by atoms with E-state index < -0.39 is 22.7 Å². The fourth-order valence-electron chi connectivity index (χ4n) is 3.97. The number of esters is 1. The van der Waals surface area contributed by atoms with E-state index in [0.29, 0.717) is 38.3 Å². The molecule has 0 aliphatic carbocycles. The van der Waals surface area contributed by atoms with Gasteiger partial charge in [0.05, 0.1) is 11.1 Å². The van der Waals surface area contributed by atoms with Gasteiger partial charge in [0.25, 0.3) is 17.5 Å². The standard InChI is InChI=1S/C31H21BrN4O8/c32-23-9-11-26(44-29(37)12-7-19-3-1-6-25(13-19)36(40)41)22(14-23)17-33-35-31(39)20-4-2-5-24(15-20)34-30(38)21-8-10-27-28(16-21)43-18-42-27/h1-17H,18H2,(H,34,38)(H,35,39)/b12-7+,33-17?. The Bertz CT molecular complexity index is 1840. The fraction of sp³-hybridized carbons (Fsp3) is 0.0323. The van der Waals surface area contributed by atoms with Gasteiger partial charge in [-0.1, -0.05) is 34.1 Å². The quantitative estimate of drug-likeness (QED) is 0.0578. The molecule has 0 bridgehead atoms. The number of anilines is 1. The van der Waals surface area contributed by atoms with E-state index in [1.807, 2.05) is 0 Å². The van der Waals surface area contributed by atoms with Crippen LogP contribution >= 0.6 is 15.9 Å². The molecule has 1 aliphatic heterocycles.